The molecule has 0 aliphatic heterocycles. The Bertz CT molecular complexity index is 380. The first kappa shape index (κ1) is 12.5. The van der Waals surface area contributed by atoms with E-state index in [4.69, 9.17) is 4.74 Å². The third-order valence-electron chi connectivity index (χ3n) is 2.45. The quantitative estimate of drug-likeness (QED) is 0.561. The molecule has 0 N–H and O–H groups in total. The van der Waals surface area contributed by atoms with Crippen LogP contribution in [0.2, 0.25) is 0 Å². The molecule has 0 radical (unpaired) electrons. The lowest BCUT2D eigenvalue weighted by Crippen LogP contribution is -2.08. The molecule has 2 nitrogen and oxygen atoms in total. The molecular formula is C14H18O2. The maximum absolute atomic E-state index is 11.2. The van der Waals surface area contributed by atoms with E-state index in [-0.39, 0.29) is 5.97 Å². The van der Waals surface area contributed by atoms with Crippen molar-refractivity contribution in [3.05, 3.63) is 47.5 Å². The zero-order valence-electron chi connectivity index (χ0n) is 9.95. The molecule has 2 heteroatoms. The Morgan fingerprint density at radius 1 is 1.31 bits per heavy atom. The summed E-state index contributed by atoms with van der Waals surface area (Å²) in [6.07, 6.45) is 1.77. The molecule has 0 atom stereocenters. The number of hydrogen-bond acceptors (Lipinski definition) is 2. The molecule has 0 aliphatic rings. The van der Waals surface area contributed by atoms with E-state index in [9.17, 15) is 4.79 Å². The van der Waals surface area contributed by atoms with Crippen LogP contribution in [0.1, 0.15) is 25.0 Å². The second kappa shape index (κ2) is 6.11. The highest BCUT2D eigenvalue weighted by atomic mass is 16.5. The van der Waals surface area contributed by atoms with E-state index in [1.54, 1.807) is 6.92 Å². The van der Waals surface area contributed by atoms with Crippen LogP contribution in [0.15, 0.2) is 36.4 Å². The lowest BCUT2D eigenvalue weighted by molar-refractivity contribution is -0.138. The van der Waals surface area contributed by atoms with Crippen molar-refractivity contribution in [3.8, 4) is 0 Å². The number of hydrogen-bond donors (Lipinski definition) is 0. The first-order chi connectivity index (χ1) is 7.65. The van der Waals surface area contributed by atoms with Crippen LogP contribution in [0.4, 0.5) is 0 Å². The van der Waals surface area contributed by atoms with E-state index in [2.05, 4.69) is 25.6 Å². The zero-order valence-corrected chi connectivity index (χ0v) is 9.95. The van der Waals surface area contributed by atoms with Gasteiger partial charge in [-0.05, 0) is 24.5 Å². The van der Waals surface area contributed by atoms with Crippen molar-refractivity contribution >= 4 is 5.97 Å². The normalized spacial score (nSPS) is 9.88. The average Bonchev–Trinajstić information content (AvgIpc) is 2.29. The minimum absolute atomic E-state index is 0.311. The Balaban J connectivity index is 2.48. The standard InChI is InChI=1S/C14H18O2/c1-4-12-7-5-6-8-13(12)9-10-16-14(15)11(2)3/h5-8H,2,4,9-10H2,1,3H3. The molecule has 1 aromatic carbocycles. The molecular weight excluding hydrogens is 200 g/mol. The van der Waals surface area contributed by atoms with Gasteiger partial charge in [0.2, 0.25) is 0 Å². The summed E-state index contributed by atoms with van der Waals surface area (Å²) in [5.74, 6) is -0.311. The van der Waals surface area contributed by atoms with Crippen LogP contribution in [0.5, 0.6) is 0 Å². The minimum atomic E-state index is -0.311. The number of carbonyl (C=O) groups is 1. The molecule has 0 amide bonds. The second-order valence-corrected chi connectivity index (χ2v) is 3.79. The van der Waals surface area contributed by atoms with Gasteiger partial charge in [0.1, 0.15) is 0 Å². The maximum Gasteiger partial charge on any atom is 0.333 e. The smallest absolute Gasteiger partial charge is 0.333 e. The lowest BCUT2D eigenvalue weighted by atomic mass is 10.0. The highest BCUT2D eigenvalue weighted by molar-refractivity contribution is 5.86. The van der Waals surface area contributed by atoms with Crippen molar-refractivity contribution in [1.82, 2.24) is 0 Å². The predicted octanol–water partition coefficient (Wildman–Crippen LogP) is 2.91. The second-order valence-electron chi connectivity index (χ2n) is 3.79. The SMILES string of the molecule is C=C(C)C(=O)OCCc1ccccc1CC. The molecule has 16 heavy (non-hydrogen) atoms. The molecule has 0 saturated heterocycles. The van der Waals surface area contributed by atoms with Gasteiger partial charge in [0.05, 0.1) is 6.61 Å². The van der Waals surface area contributed by atoms with Gasteiger partial charge in [-0.15, -0.1) is 0 Å². The molecule has 86 valence electrons. The monoisotopic (exact) mass is 218 g/mol. The van der Waals surface area contributed by atoms with Gasteiger partial charge < -0.3 is 4.74 Å². The Labute approximate surface area is 96.9 Å². The molecule has 0 heterocycles. The van der Waals surface area contributed by atoms with Gasteiger partial charge in [-0.1, -0.05) is 37.8 Å². The fraction of sp³-hybridized carbons (Fsp3) is 0.357. The summed E-state index contributed by atoms with van der Waals surface area (Å²) in [5.41, 5.74) is 3.01. The van der Waals surface area contributed by atoms with Crippen LogP contribution in [0, 0.1) is 0 Å². The molecule has 0 bridgehead atoms. The highest BCUT2D eigenvalue weighted by Gasteiger charge is 2.04. The van der Waals surface area contributed by atoms with Crippen molar-refractivity contribution in [2.45, 2.75) is 26.7 Å². The van der Waals surface area contributed by atoms with Gasteiger partial charge in [0.25, 0.3) is 0 Å². The number of benzene rings is 1. The Hall–Kier alpha value is -1.57. The molecule has 0 saturated carbocycles. The number of rotatable bonds is 5. The number of carbonyl (C=O) groups excluding carboxylic acids is 1. The summed E-state index contributed by atoms with van der Waals surface area (Å²) in [4.78, 5) is 11.2. The molecule has 0 aromatic heterocycles. The van der Waals surface area contributed by atoms with Crippen molar-refractivity contribution < 1.29 is 9.53 Å². The van der Waals surface area contributed by atoms with Crippen LogP contribution < -0.4 is 0 Å². The zero-order chi connectivity index (χ0) is 12.0. The van der Waals surface area contributed by atoms with Crippen molar-refractivity contribution in [2.75, 3.05) is 6.61 Å². The largest absolute Gasteiger partial charge is 0.462 e. The minimum Gasteiger partial charge on any atom is -0.462 e. The summed E-state index contributed by atoms with van der Waals surface area (Å²) in [6, 6.07) is 8.22. The van der Waals surface area contributed by atoms with E-state index >= 15 is 0 Å². The fourth-order valence-electron chi connectivity index (χ4n) is 1.52. The molecule has 1 rings (SSSR count). The molecule has 0 aliphatic carbocycles. The van der Waals surface area contributed by atoms with Gasteiger partial charge >= 0.3 is 5.97 Å². The summed E-state index contributed by atoms with van der Waals surface area (Å²) < 4.78 is 5.07. The van der Waals surface area contributed by atoms with Crippen LogP contribution in [-0.4, -0.2) is 12.6 Å². The maximum atomic E-state index is 11.2. The number of ether oxygens (including phenoxy) is 1. The van der Waals surface area contributed by atoms with Crippen LogP contribution in [0.3, 0.4) is 0 Å². The van der Waals surface area contributed by atoms with E-state index < -0.39 is 0 Å². The van der Waals surface area contributed by atoms with Crippen molar-refractivity contribution in [3.63, 3.8) is 0 Å². The molecule has 0 spiro atoms. The van der Waals surface area contributed by atoms with E-state index in [1.807, 2.05) is 12.1 Å². The summed E-state index contributed by atoms with van der Waals surface area (Å²) in [6.45, 7) is 7.74. The fourth-order valence-corrected chi connectivity index (χ4v) is 1.52. The van der Waals surface area contributed by atoms with Crippen molar-refractivity contribution in [2.24, 2.45) is 0 Å². The third-order valence-corrected chi connectivity index (χ3v) is 2.45. The molecule has 0 unspecified atom stereocenters. The number of aryl methyl sites for hydroxylation is 1. The number of esters is 1. The van der Waals surface area contributed by atoms with Gasteiger partial charge in [0, 0.05) is 12.0 Å². The first-order valence-corrected chi connectivity index (χ1v) is 5.54. The Morgan fingerprint density at radius 3 is 2.50 bits per heavy atom. The van der Waals surface area contributed by atoms with Gasteiger partial charge in [-0.2, -0.15) is 0 Å². The predicted molar refractivity (Wildman–Crippen MR) is 65.3 cm³/mol. The Kier molecular flexibility index (Phi) is 4.77. The summed E-state index contributed by atoms with van der Waals surface area (Å²) >= 11 is 0. The summed E-state index contributed by atoms with van der Waals surface area (Å²) in [7, 11) is 0. The van der Waals surface area contributed by atoms with E-state index in [0.29, 0.717) is 12.2 Å². The molecule has 0 fully saturated rings. The summed E-state index contributed by atoms with van der Waals surface area (Å²) in [5, 5.41) is 0. The van der Waals surface area contributed by atoms with Crippen LogP contribution in [0.25, 0.3) is 0 Å². The first-order valence-electron chi connectivity index (χ1n) is 5.54. The topological polar surface area (TPSA) is 26.3 Å². The van der Waals surface area contributed by atoms with Gasteiger partial charge in [-0.25, -0.2) is 4.79 Å². The Morgan fingerprint density at radius 2 is 1.94 bits per heavy atom. The van der Waals surface area contributed by atoms with E-state index in [1.165, 1.54) is 11.1 Å². The highest BCUT2D eigenvalue weighted by Crippen LogP contribution is 2.10. The van der Waals surface area contributed by atoms with Crippen molar-refractivity contribution in [1.29, 1.82) is 0 Å². The van der Waals surface area contributed by atoms with Crippen LogP contribution in [-0.2, 0) is 22.4 Å². The van der Waals surface area contributed by atoms with E-state index in [0.717, 1.165) is 12.8 Å². The van der Waals surface area contributed by atoms with Gasteiger partial charge in [0.15, 0.2) is 0 Å². The molecule has 1 aromatic rings. The lowest BCUT2D eigenvalue weighted by Gasteiger charge is -2.08. The third kappa shape index (κ3) is 3.54. The van der Waals surface area contributed by atoms with Gasteiger partial charge in [-0.3, -0.25) is 0 Å². The van der Waals surface area contributed by atoms with Crippen LogP contribution >= 0.6 is 0 Å². The average molecular weight is 218 g/mol.